The fourth-order valence-electron chi connectivity index (χ4n) is 2.14. The number of hydrazone groups is 1. The first-order valence-electron chi connectivity index (χ1n) is 7.65. The van der Waals surface area contributed by atoms with Crippen LogP contribution in [0.15, 0.2) is 59.7 Å². The van der Waals surface area contributed by atoms with Crippen molar-refractivity contribution in [2.45, 2.75) is 12.6 Å². The standard InChI is InChI=1S/C18H14F3N3O3/c19-18(20,21)15-9-8-14(16(12-15)24(26)27)11-17(25)23-22-10-4-7-13-5-2-1-3-6-13/h1-10,12H,11H2,(H,23,25). The van der Waals surface area contributed by atoms with Gasteiger partial charge in [0.1, 0.15) is 0 Å². The van der Waals surface area contributed by atoms with Gasteiger partial charge in [0.2, 0.25) is 5.91 Å². The highest BCUT2D eigenvalue weighted by Gasteiger charge is 2.33. The van der Waals surface area contributed by atoms with Crippen molar-refractivity contribution < 1.29 is 22.9 Å². The lowest BCUT2D eigenvalue weighted by Gasteiger charge is -2.08. The summed E-state index contributed by atoms with van der Waals surface area (Å²) in [4.78, 5) is 21.8. The summed E-state index contributed by atoms with van der Waals surface area (Å²) >= 11 is 0. The van der Waals surface area contributed by atoms with E-state index in [9.17, 15) is 28.1 Å². The van der Waals surface area contributed by atoms with Crippen LogP contribution >= 0.6 is 0 Å². The van der Waals surface area contributed by atoms with Gasteiger partial charge in [0.25, 0.3) is 5.69 Å². The molecule has 0 atom stereocenters. The van der Waals surface area contributed by atoms with E-state index in [0.717, 1.165) is 11.6 Å². The van der Waals surface area contributed by atoms with Gasteiger partial charge in [-0.25, -0.2) is 5.43 Å². The van der Waals surface area contributed by atoms with E-state index in [1.54, 1.807) is 12.2 Å². The molecule has 0 heterocycles. The fourth-order valence-corrected chi connectivity index (χ4v) is 2.14. The third-order valence-electron chi connectivity index (χ3n) is 3.40. The molecule has 2 aromatic carbocycles. The van der Waals surface area contributed by atoms with Crippen LogP contribution in [0.5, 0.6) is 0 Å². The molecule has 6 nitrogen and oxygen atoms in total. The van der Waals surface area contributed by atoms with Crippen LogP contribution in [0.4, 0.5) is 18.9 Å². The molecule has 0 aliphatic carbocycles. The van der Waals surface area contributed by atoms with Crippen molar-refractivity contribution in [3.05, 3.63) is 81.4 Å². The Balaban J connectivity index is 2.00. The number of carbonyl (C=O) groups excluding carboxylic acids is 1. The number of halogens is 3. The Morgan fingerprint density at radius 1 is 1.19 bits per heavy atom. The smallest absolute Gasteiger partial charge is 0.273 e. The van der Waals surface area contributed by atoms with Crippen molar-refractivity contribution in [1.29, 1.82) is 0 Å². The maximum absolute atomic E-state index is 12.7. The van der Waals surface area contributed by atoms with Crippen molar-refractivity contribution in [1.82, 2.24) is 5.43 Å². The normalized spacial score (nSPS) is 11.8. The van der Waals surface area contributed by atoms with Crippen molar-refractivity contribution in [2.24, 2.45) is 5.10 Å². The number of hydrogen-bond acceptors (Lipinski definition) is 4. The molecule has 27 heavy (non-hydrogen) atoms. The Morgan fingerprint density at radius 2 is 1.89 bits per heavy atom. The number of carbonyl (C=O) groups is 1. The van der Waals surface area contributed by atoms with Crippen LogP contribution in [0.3, 0.4) is 0 Å². The van der Waals surface area contributed by atoms with Crippen LogP contribution in [0.1, 0.15) is 16.7 Å². The Labute approximate surface area is 152 Å². The van der Waals surface area contributed by atoms with E-state index in [0.29, 0.717) is 12.1 Å². The van der Waals surface area contributed by atoms with Crippen LogP contribution in [-0.2, 0) is 17.4 Å². The minimum absolute atomic E-state index is 0.138. The molecule has 1 amide bonds. The van der Waals surface area contributed by atoms with E-state index in [-0.39, 0.29) is 5.56 Å². The third-order valence-corrected chi connectivity index (χ3v) is 3.40. The van der Waals surface area contributed by atoms with Gasteiger partial charge >= 0.3 is 6.18 Å². The van der Waals surface area contributed by atoms with Gasteiger partial charge < -0.3 is 0 Å². The summed E-state index contributed by atoms with van der Waals surface area (Å²) in [5.74, 6) is -0.692. The maximum atomic E-state index is 12.7. The molecule has 0 bridgehead atoms. The summed E-state index contributed by atoms with van der Waals surface area (Å²) < 4.78 is 38.0. The van der Waals surface area contributed by atoms with Gasteiger partial charge in [-0.2, -0.15) is 18.3 Å². The zero-order valence-corrected chi connectivity index (χ0v) is 13.8. The van der Waals surface area contributed by atoms with Gasteiger partial charge in [-0.3, -0.25) is 14.9 Å². The molecule has 0 spiro atoms. The Bertz CT molecular complexity index is 878. The Hall–Kier alpha value is -3.49. The average Bonchev–Trinajstić information content (AvgIpc) is 2.61. The maximum Gasteiger partial charge on any atom is 0.416 e. The zero-order valence-electron chi connectivity index (χ0n) is 13.8. The molecule has 0 aromatic heterocycles. The first-order valence-corrected chi connectivity index (χ1v) is 7.65. The molecule has 140 valence electrons. The third kappa shape index (κ3) is 6.07. The lowest BCUT2D eigenvalue weighted by atomic mass is 10.1. The second kappa shape index (κ2) is 8.75. The van der Waals surface area contributed by atoms with E-state index in [4.69, 9.17) is 0 Å². The average molecular weight is 377 g/mol. The second-order valence-electron chi connectivity index (χ2n) is 5.36. The lowest BCUT2D eigenvalue weighted by molar-refractivity contribution is -0.385. The van der Waals surface area contributed by atoms with Gasteiger partial charge in [0, 0.05) is 17.8 Å². The van der Waals surface area contributed by atoms with Gasteiger partial charge in [-0.15, -0.1) is 0 Å². The van der Waals surface area contributed by atoms with E-state index < -0.39 is 34.7 Å². The Kier molecular flexibility index (Phi) is 6.42. The summed E-state index contributed by atoms with van der Waals surface area (Å²) in [6, 6.07) is 11.3. The highest BCUT2D eigenvalue weighted by Crippen LogP contribution is 2.33. The zero-order chi connectivity index (χ0) is 19.9. The first kappa shape index (κ1) is 19.8. The minimum atomic E-state index is -4.71. The topological polar surface area (TPSA) is 84.6 Å². The van der Waals surface area contributed by atoms with Crippen LogP contribution in [0.25, 0.3) is 6.08 Å². The molecular weight excluding hydrogens is 363 g/mol. The predicted molar refractivity (Wildman–Crippen MR) is 93.9 cm³/mol. The molecular formula is C18H14F3N3O3. The first-order chi connectivity index (χ1) is 12.8. The van der Waals surface area contributed by atoms with Crippen LogP contribution < -0.4 is 5.43 Å². The predicted octanol–water partition coefficient (Wildman–Crippen LogP) is 3.97. The largest absolute Gasteiger partial charge is 0.416 e. The number of hydrogen-bond donors (Lipinski definition) is 1. The minimum Gasteiger partial charge on any atom is -0.273 e. The Morgan fingerprint density at radius 3 is 2.52 bits per heavy atom. The monoisotopic (exact) mass is 377 g/mol. The summed E-state index contributed by atoms with van der Waals surface area (Å²) in [5, 5.41) is 14.6. The molecule has 1 N–H and O–H groups in total. The number of alkyl halides is 3. The number of nitrogens with one attached hydrogen (secondary N) is 1. The number of allylic oxidation sites excluding steroid dienone is 1. The molecule has 9 heteroatoms. The number of nitro benzene ring substituents is 1. The number of nitro groups is 1. The molecule has 0 saturated carbocycles. The van der Waals surface area contributed by atoms with Crippen LogP contribution in [0, 0.1) is 10.1 Å². The van der Waals surface area contributed by atoms with Crippen molar-refractivity contribution in [2.75, 3.05) is 0 Å². The van der Waals surface area contributed by atoms with Crippen LogP contribution in [-0.4, -0.2) is 17.0 Å². The molecule has 2 rings (SSSR count). The van der Waals surface area contributed by atoms with Gasteiger partial charge in [0.05, 0.1) is 16.9 Å². The number of nitrogens with zero attached hydrogens (tertiary/aromatic N) is 2. The highest BCUT2D eigenvalue weighted by molar-refractivity contribution is 5.83. The molecule has 2 aromatic rings. The van der Waals surface area contributed by atoms with E-state index in [1.165, 1.54) is 6.21 Å². The van der Waals surface area contributed by atoms with E-state index in [2.05, 4.69) is 10.5 Å². The number of benzene rings is 2. The summed E-state index contributed by atoms with van der Waals surface area (Å²) in [6.07, 6.45) is -0.548. The molecule has 0 aliphatic heterocycles. The fraction of sp³-hybridized carbons (Fsp3) is 0.111. The molecule has 0 unspecified atom stereocenters. The second-order valence-corrected chi connectivity index (χ2v) is 5.36. The van der Waals surface area contributed by atoms with Crippen LogP contribution in [0.2, 0.25) is 0 Å². The van der Waals surface area contributed by atoms with Gasteiger partial charge in [0.15, 0.2) is 0 Å². The SMILES string of the molecule is O=C(Cc1ccc(C(F)(F)F)cc1[N+](=O)[O-])NN=CC=Cc1ccccc1. The highest BCUT2D eigenvalue weighted by atomic mass is 19.4. The molecule has 0 fully saturated rings. The van der Waals surface area contributed by atoms with Crippen molar-refractivity contribution in [3.63, 3.8) is 0 Å². The van der Waals surface area contributed by atoms with Gasteiger partial charge in [-0.05, 0) is 17.7 Å². The molecule has 0 radical (unpaired) electrons. The summed E-state index contributed by atoms with van der Waals surface area (Å²) in [6.45, 7) is 0. The lowest BCUT2D eigenvalue weighted by Crippen LogP contribution is -2.20. The number of rotatable bonds is 6. The molecule has 0 aliphatic rings. The number of amides is 1. The van der Waals surface area contributed by atoms with Crippen molar-refractivity contribution >= 4 is 23.9 Å². The van der Waals surface area contributed by atoms with Crippen molar-refractivity contribution in [3.8, 4) is 0 Å². The summed E-state index contributed by atoms with van der Waals surface area (Å²) in [7, 11) is 0. The quantitative estimate of drug-likeness (QED) is 0.470. The molecule has 0 saturated heterocycles. The van der Waals surface area contributed by atoms with E-state index >= 15 is 0 Å². The van der Waals surface area contributed by atoms with Gasteiger partial charge in [-0.1, -0.05) is 42.5 Å². The summed E-state index contributed by atoms with van der Waals surface area (Å²) in [5.41, 5.74) is 1.03. The van der Waals surface area contributed by atoms with E-state index in [1.807, 2.05) is 30.3 Å².